The molecule has 33 heavy (non-hydrogen) atoms. The van der Waals surface area contributed by atoms with Crippen molar-refractivity contribution in [3.8, 4) is 22.6 Å². The van der Waals surface area contributed by atoms with Crippen LogP contribution in [0.4, 0.5) is 0 Å². The van der Waals surface area contributed by atoms with Crippen molar-refractivity contribution in [3.05, 3.63) is 78.1 Å². The lowest BCUT2D eigenvalue weighted by atomic mass is 9.74. The number of rotatable bonds is 4. The number of nitrogens with zero attached hydrogens (tertiary/aromatic N) is 3. The van der Waals surface area contributed by atoms with Crippen LogP contribution < -0.4 is 15.2 Å². The Bertz CT molecular complexity index is 1260. The number of likely N-dealkylation sites (N-methyl/N-ethyl adjacent to an activating group) is 1. The van der Waals surface area contributed by atoms with Gasteiger partial charge in [0.15, 0.2) is 11.5 Å². The lowest BCUT2D eigenvalue weighted by Crippen LogP contribution is -2.51. The molecule has 7 nitrogen and oxygen atoms in total. The highest BCUT2D eigenvalue weighted by Crippen LogP contribution is 2.50. The van der Waals surface area contributed by atoms with Crippen LogP contribution >= 0.6 is 0 Å². The second-order valence-corrected chi connectivity index (χ2v) is 8.90. The highest BCUT2D eigenvalue weighted by atomic mass is 16.5. The van der Waals surface area contributed by atoms with Gasteiger partial charge in [-0.1, -0.05) is 24.3 Å². The molecule has 3 heterocycles. The zero-order chi connectivity index (χ0) is 23.2. The smallest absolute Gasteiger partial charge is 0.261 e. The third-order valence-electron chi connectivity index (χ3n) is 6.43. The molecule has 2 unspecified atom stereocenters. The van der Waals surface area contributed by atoms with Crippen LogP contribution in [0.5, 0.6) is 11.5 Å². The molecule has 7 heteroatoms. The molecule has 0 saturated carbocycles. The molecule has 0 radical (unpaired) electrons. The maximum Gasteiger partial charge on any atom is 0.261 e. The average Bonchev–Trinajstić information content (AvgIpc) is 3.03. The van der Waals surface area contributed by atoms with E-state index in [9.17, 15) is 4.79 Å². The van der Waals surface area contributed by atoms with E-state index in [-0.39, 0.29) is 11.9 Å². The molecule has 2 aliphatic rings. The van der Waals surface area contributed by atoms with Crippen molar-refractivity contribution in [2.24, 2.45) is 10.7 Å². The number of ether oxygens (including phenoxy) is 2. The summed E-state index contributed by atoms with van der Waals surface area (Å²) in [6.45, 7) is 2.02. The molecule has 0 saturated heterocycles. The standard InChI is InChI=1S/C26H26N4O3/c1-25(14-17-6-4-8-20(12-17)32-3)16-26(23(31)30(2)24(27)29-26)21-13-18(9-10-22(21)33-25)19-7-5-11-28-15-19/h4-13,15H,14,16H2,1-3H3,(H2,27,29). The fourth-order valence-corrected chi connectivity index (χ4v) is 4.90. The van der Waals surface area contributed by atoms with Crippen molar-refractivity contribution < 1.29 is 14.3 Å². The summed E-state index contributed by atoms with van der Waals surface area (Å²) in [7, 11) is 3.31. The number of amides is 1. The molecule has 1 spiro atoms. The van der Waals surface area contributed by atoms with Gasteiger partial charge in [0.05, 0.1) is 7.11 Å². The van der Waals surface area contributed by atoms with Crippen LogP contribution in [0, 0.1) is 0 Å². The van der Waals surface area contributed by atoms with Crippen LogP contribution in [0.25, 0.3) is 11.1 Å². The van der Waals surface area contributed by atoms with Crippen molar-refractivity contribution in [3.63, 3.8) is 0 Å². The second kappa shape index (κ2) is 7.62. The molecule has 0 aliphatic carbocycles. The van der Waals surface area contributed by atoms with Crippen LogP contribution in [0.3, 0.4) is 0 Å². The minimum absolute atomic E-state index is 0.148. The van der Waals surface area contributed by atoms with Gasteiger partial charge in [-0.25, -0.2) is 4.99 Å². The summed E-state index contributed by atoms with van der Waals surface area (Å²) in [4.78, 5) is 24.0. The molecule has 2 aliphatic heterocycles. The van der Waals surface area contributed by atoms with Gasteiger partial charge in [-0.05, 0) is 48.4 Å². The minimum atomic E-state index is -1.14. The molecule has 2 atom stereocenters. The van der Waals surface area contributed by atoms with Crippen molar-refractivity contribution >= 4 is 11.9 Å². The van der Waals surface area contributed by atoms with E-state index in [0.29, 0.717) is 18.6 Å². The van der Waals surface area contributed by atoms with Gasteiger partial charge in [0.1, 0.15) is 17.1 Å². The molecule has 0 bridgehead atoms. The molecule has 168 valence electrons. The number of aliphatic imine (C=N–C) groups is 1. The molecule has 3 aromatic rings. The summed E-state index contributed by atoms with van der Waals surface area (Å²) in [6, 6.07) is 17.6. The number of aromatic nitrogens is 1. The zero-order valence-electron chi connectivity index (χ0n) is 18.9. The van der Waals surface area contributed by atoms with Crippen molar-refractivity contribution in [2.45, 2.75) is 30.9 Å². The van der Waals surface area contributed by atoms with Gasteiger partial charge in [-0.15, -0.1) is 0 Å². The molecule has 1 amide bonds. The lowest BCUT2D eigenvalue weighted by molar-refractivity contribution is -0.133. The van der Waals surface area contributed by atoms with E-state index in [2.05, 4.69) is 4.98 Å². The van der Waals surface area contributed by atoms with E-state index in [0.717, 1.165) is 28.0 Å². The SMILES string of the molecule is COc1cccc(CC2(C)CC3(N=C(N)N(C)C3=O)c3cc(-c4cccnc4)ccc3O2)c1. The predicted molar refractivity (Wildman–Crippen MR) is 126 cm³/mol. The first-order valence-corrected chi connectivity index (χ1v) is 10.8. The topological polar surface area (TPSA) is 90.0 Å². The number of fused-ring (bicyclic) bond motifs is 2. The van der Waals surface area contributed by atoms with Gasteiger partial charge in [-0.3, -0.25) is 14.7 Å². The number of benzene rings is 2. The lowest BCUT2D eigenvalue weighted by Gasteiger charge is -2.43. The minimum Gasteiger partial charge on any atom is -0.497 e. The molecular weight excluding hydrogens is 416 g/mol. The van der Waals surface area contributed by atoms with Gasteiger partial charge in [0.2, 0.25) is 0 Å². The second-order valence-electron chi connectivity index (χ2n) is 8.90. The normalized spacial score (nSPS) is 23.8. The summed E-state index contributed by atoms with van der Waals surface area (Å²) in [5.74, 6) is 1.48. The van der Waals surface area contributed by atoms with E-state index in [1.807, 2.05) is 61.5 Å². The number of hydrogen-bond donors (Lipinski definition) is 1. The van der Waals surface area contributed by atoms with Crippen molar-refractivity contribution in [1.82, 2.24) is 9.88 Å². The van der Waals surface area contributed by atoms with E-state index in [4.69, 9.17) is 20.2 Å². The van der Waals surface area contributed by atoms with E-state index < -0.39 is 11.1 Å². The largest absolute Gasteiger partial charge is 0.497 e. The Kier molecular flexibility index (Phi) is 4.85. The van der Waals surface area contributed by atoms with Gasteiger partial charge >= 0.3 is 0 Å². The Labute approximate surface area is 192 Å². The Morgan fingerprint density at radius 1 is 1.15 bits per heavy atom. The number of hydrogen-bond acceptors (Lipinski definition) is 6. The molecule has 0 fully saturated rings. The summed E-state index contributed by atoms with van der Waals surface area (Å²) in [6.07, 6.45) is 4.48. The number of methoxy groups -OCH3 is 1. The van der Waals surface area contributed by atoms with Crippen LogP contribution in [0.2, 0.25) is 0 Å². The van der Waals surface area contributed by atoms with Crippen molar-refractivity contribution in [1.29, 1.82) is 0 Å². The molecular formula is C26H26N4O3. The van der Waals surface area contributed by atoms with Gasteiger partial charge in [0.25, 0.3) is 5.91 Å². The Morgan fingerprint density at radius 3 is 2.70 bits per heavy atom. The quantitative estimate of drug-likeness (QED) is 0.668. The third kappa shape index (κ3) is 3.50. The van der Waals surface area contributed by atoms with Gasteiger partial charge < -0.3 is 15.2 Å². The summed E-state index contributed by atoms with van der Waals surface area (Å²) >= 11 is 0. The fourth-order valence-electron chi connectivity index (χ4n) is 4.90. The Balaban J connectivity index is 1.62. The third-order valence-corrected chi connectivity index (χ3v) is 6.43. The first kappa shape index (κ1) is 21.0. The highest BCUT2D eigenvalue weighted by Gasteiger charge is 2.56. The van der Waals surface area contributed by atoms with Gasteiger partial charge in [-0.2, -0.15) is 0 Å². The molecule has 5 rings (SSSR count). The van der Waals surface area contributed by atoms with Crippen molar-refractivity contribution in [2.75, 3.05) is 14.2 Å². The highest BCUT2D eigenvalue weighted by molar-refractivity contribution is 6.07. The van der Waals surface area contributed by atoms with Crippen LogP contribution in [-0.2, 0) is 16.8 Å². The number of carbonyl (C=O) groups excluding carboxylic acids is 1. The van der Waals surface area contributed by atoms with Crippen LogP contribution in [0.1, 0.15) is 24.5 Å². The Hall–Kier alpha value is -3.87. The van der Waals surface area contributed by atoms with Crippen LogP contribution in [-0.4, -0.2) is 41.5 Å². The van der Waals surface area contributed by atoms with Gasteiger partial charge in [0, 0.05) is 43.4 Å². The maximum atomic E-state index is 13.6. The first-order valence-electron chi connectivity index (χ1n) is 10.8. The predicted octanol–water partition coefficient (Wildman–Crippen LogP) is 3.52. The van der Waals surface area contributed by atoms with E-state index in [1.165, 1.54) is 4.90 Å². The zero-order valence-corrected chi connectivity index (χ0v) is 18.9. The summed E-state index contributed by atoms with van der Waals surface area (Å²) in [5.41, 5.74) is 8.00. The Morgan fingerprint density at radius 2 is 2.00 bits per heavy atom. The molecule has 2 aromatic carbocycles. The number of guanidine groups is 1. The van der Waals surface area contributed by atoms with E-state index >= 15 is 0 Å². The average molecular weight is 443 g/mol. The number of nitrogens with two attached hydrogens (primary N) is 1. The first-order chi connectivity index (χ1) is 15.8. The summed E-state index contributed by atoms with van der Waals surface area (Å²) in [5, 5.41) is 0. The van der Waals surface area contributed by atoms with E-state index in [1.54, 1.807) is 26.6 Å². The molecule has 2 N–H and O–H groups in total. The fraction of sp³-hybridized carbons (Fsp3) is 0.269. The number of carbonyl (C=O) groups is 1. The van der Waals surface area contributed by atoms with Crippen LogP contribution in [0.15, 0.2) is 72.0 Å². The maximum absolute atomic E-state index is 13.6. The summed E-state index contributed by atoms with van der Waals surface area (Å²) < 4.78 is 11.9. The molecule has 1 aromatic heterocycles. The monoisotopic (exact) mass is 442 g/mol. The number of pyridine rings is 1.